The van der Waals surface area contributed by atoms with Gasteiger partial charge in [0.05, 0.1) is 30.4 Å². The zero-order valence-corrected chi connectivity index (χ0v) is 8.67. The summed E-state index contributed by atoms with van der Waals surface area (Å²) in [4.78, 5) is 0. The number of halogens is 2. The SMILES string of the molecule is O[C@H]1COC[C@@H]1Nc1ccc(F)c(Cl)c1. The Bertz CT molecular complexity index is 361. The minimum Gasteiger partial charge on any atom is -0.388 e. The van der Waals surface area contributed by atoms with Crippen molar-refractivity contribution in [2.24, 2.45) is 0 Å². The molecule has 0 unspecified atom stereocenters. The van der Waals surface area contributed by atoms with Crippen molar-refractivity contribution in [2.75, 3.05) is 18.5 Å². The molecule has 15 heavy (non-hydrogen) atoms. The molecule has 2 atom stereocenters. The summed E-state index contributed by atoms with van der Waals surface area (Å²) in [6, 6.07) is 4.19. The molecule has 1 heterocycles. The molecule has 2 N–H and O–H groups in total. The van der Waals surface area contributed by atoms with E-state index in [0.717, 1.165) is 0 Å². The van der Waals surface area contributed by atoms with Crippen molar-refractivity contribution >= 4 is 17.3 Å². The molecule has 0 bridgehead atoms. The third-order valence-corrected chi connectivity index (χ3v) is 2.61. The fourth-order valence-electron chi connectivity index (χ4n) is 1.48. The molecule has 3 nitrogen and oxygen atoms in total. The van der Waals surface area contributed by atoms with Gasteiger partial charge in [-0.3, -0.25) is 0 Å². The summed E-state index contributed by atoms with van der Waals surface area (Å²) in [5, 5.41) is 12.6. The maximum atomic E-state index is 12.9. The van der Waals surface area contributed by atoms with E-state index in [2.05, 4.69) is 5.32 Å². The smallest absolute Gasteiger partial charge is 0.141 e. The molecular formula is C10H11ClFNO2. The van der Waals surface area contributed by atoms with Gasteiger partial charge in [0, 0.05) is 5.69 Å². The summed E-state index contributed by atoms with van der Waals surface area (Å²) >= 11 is 5.63. The summed E-state index contributed by atoms with van der Waals surface area (Å²) in [6.07, 6.45) is -0.533. The molecule has 1 fully saturated rings. The van der Waals surface area contributed by atoms with Crippen molar-refractivity contribution in [1.82, 2.24) is 0 Å². The van der Waals surface area contributed by atoms with Crippen LogP contribution >= 0.6 is 11.6 Å². The van der Waals surface area contributed by atoms with Crippen molar-refractivity contribution in [2.45, 2.75) is 12.1 Å². The lowest BCUT2D eigenvalue weighted by atomic mass is 10.2. The minimum absolute atomic E-state index is 0.0633. The molecule has 1 saturated heterocycles. The highest BCUT2D eigenvalue weighted by molar-refractivity contribution is 6.31. The standard InChI is InChI=1S/C10H11ClFNO2/c11-7-3-6(1-2-8(7)12)13-9-4-15-5-10(9)14/h1-3,9-10,13-14H,4-5H2/t9-,10-/m0/s1. The third-order valence-electron chi connectivity index (χ3n) is 2.32. The maximum Gasteiger partial charge on any atom is 0.141 e. The predicted octanol–water partition coefficient (Wildman–Crippen LogP) is 1.65. The number of hydrogen-bond donors (Lipinski definition) is 2. The lowest BCUT2D eigenvalue weighted by molar-refractivity contribution is 0.125. The van der Waals surface area contributed by atoms with Gasteiger partial charge >= 0.3 is 0 Å². The van der Waals surface area contributed by atoms with E-state index in [1.807, 2.05) is 0 Å². The molecule has 0 radical (unpaired) electrons. The summed E-state index contributed by atoms with van der Waals surface area (Å²) in [5.74, 6) is -0.453. The molecule has 0 saturated carbocycles. The molecule has 1 aliphatic rings. The van der Waals surface area contributed by atoms with Crippen LogP contribution < -0.4 is 5.32 Å². The highest BCUT2D eigenvalue weighted by Gasteiger charge is 2.25. The molecule has 0 spiro atoms. The number of ether oxygens (including phenoxy) is 1. The maximum absolute atomic E-state index is 12.9. The average Bonchev–Trinajstić information content (AvgIpc) is 2.59. The Hall–Kier alpha value is -0.840. The largest absolute Gasteiger partial charge is 0.388 e. The number of hydrogen-bond acceptors (Lipinski definition) is 3. The fourth-order valence-corrected chi connectivity index (χ4v) is 1.66. The first kappa shape index (κ1) is 10.7. The first-order valence-electron chi connectivity index (χ1n) is 4.64. The number of aliphatic hydroxyl groups is 1. The highest BCUT2D eigenvalue weighted by atomic mass is 35.5. The van der Waals surface area contributed by atoms with Gasteiger partial charge in [0.15, 0.2) is 0 Å². The van der Waals surface area contributed by atoms with Gasteiger partial charge in [-0.2, -0.15) is 0 Å². The topological polar surface area (TPSA) is 41.5 Å². The van der Waals surface area contributed by atoms with E-state index in [1.165, 1.54) is 12.1 Å². The van der Waals surface area contributed by atoms with E-state index < -0.39 is 11.9 Å². The van der Waals surface area contributed by atoms with E-state index in [-0.39, 0.29) is 11.1 Å². The van der Waals surface area contributed by atoms with Gasteiger partial charge in [0.2, 0.25) is 0 Å². The number of nitrogens with one attached hydrogen (secondary N) is 1. The second kappa shape index (κ2) is 4.35. The van der Waals surface area contributed by atoms with Crippen LogP contribution in [0.1, 0.15) is 0 Å². The van der Waals surface area contributed by atoms with Crippen molar-refractivity contribution in [3.8, 4) is 0 Å². The Labute approximate surface area is 91.8 Å². The molecule has 0 aromatic heterocycles. The van der Waals surface area contributed by atoms with E-state index in [1.54, 1.807) is 6.07 Å². The van der Waals surface area contributed by atoms with Crippen LogP contribution in [0.3, 0.4) is 0 Å². The summed E-state index contributed by atoms with van der Waals surface area (Å²) in [5.41, 5.74) is 0.677. The van der Waals surface area contributed by atoms with Crippen LogP contribution in [-0.2, 0) is 4.74 Å². The average molecular weight is 232 g/mol. The van der Waals surface area contributed by atoms with Crippen LogP contribution in [0.25, 0.3) is 0 Å². The normalized spacial score (nSPS) is 25.5. The molecule has 0 aliphatic carbocycles. The quantitative estimate of drug-likeness (QED) is 0.813. The summed E-state index contributed by atoms with van der Waals surface area (Å²) < 4.78 is 17.9. The van der Waals surface area contributed by atoms with E-state index in [9.17, 15) is 9.50 Å². The van der Waals surface area contributed by atoms with Gasteiger partial charge in [-0.05, 0) is 18.2 Å². The zero-order valence-electron chi connectivity index (χ0n) is 7.91. The first-order chi connectivity index (χ1) is 7.16. The first-order valence-corrected chi connectivity index (χ1v) is 5.02. The Morgan fingerprint density at radius 1 is 1.47 bits per heavy atom. The van der Waals surface area contributed by atoms with Gasteiger partial charge in [-0.15, -0.1) is 0 Å². The van der Waals surface area contributed by atoms with Gasteiger partial charge in [0.1, 0.15) is 5.82 Å². The number of benzene rings is 1. The molecule has 1 aromatic rings. The van der Waals surface area contributed by atoms with Gasteiger partial charge in [0.25, 0.3) is 0 Å². The third kappa shape index (κ3) is 2.40. The molecule has 5 heteroatoms. The number of aliphatic hydroxyl groups excluding tert-OH is 1. The van der Waals surface area contributed by atoms with Gasteiger partial charge in [-0.25, -0.2) is 4.39 Å². The van der Waals surface area contributed by atoms with Crippen molar-refractivity contribution in [3.63, 3.8) is 0 Å². The summed E-state index contributed by atoms with van der Waals surface area (Å²) in [6.45, 7) is 0.767. The Morgan fingerprint density at radius 2 is 2.27 bits per heavy atom. The Balaban J connectivity index is 2.07. The van der Waals surface area contributed by atoms with Crippen LogP contribution in [0, 0.1) is 5.82 Å². The van der Waals surface area contributed by atoms with Crippen molar-refractivity contribution < 1.29 is 14.2 Å². The highest BCUT2D eigenvalue weighted by Crippen LogP contribution is 2.21. The molecular weight excluding hydrogens is 221 g/mol. The predicted molar refractivity (Wildman–Crippen MR) is 55.6 cm³/mol. The Kier molecular flexibility index (Phi) is 3.09. The fraction of sp³-hybridized carbons (Fsp3) is 0.400. The van der Waals surface area contributed by atoms with Gasteiger partial charge in [-0.1, -0.05) is 11.6 Å². The molecule has 1 aliphatic heterocycles. The Morgan fingerprint density at radius 3 is 2.87 bits per heavy atom. The van der Waals surface area contributed by atoms with E-state index in [4.69, 9.17) is 16.3 Å². The van der Waals surface area contributed by atoms with Crippen molar-refractivity contribution in [3.05, 3.63) is 29.0 Å². The van der Waals surface area contributed by atoms with Gasteiger partial charge < -0.3 is 15.2 Å². The second-order valence-electron chi connectivity index (χ2n) is 3.48. The molecule has 1 aromatic carbocycles. The van der Waals surface area contributed by atoms with Crippen LogP contribution in [0.2, 0.25) is 5.02 Å². The number of anilines is 1. The monoisotopic (exact) mass is 231 g/mol. The summed E-state index contributed by atoms with van der Waals surface area (Å²) in [7, 11) is 0. The molecule has 82 valence electrons. The minimum atomic E-state index is -0.533. The van der Waals surface area contributed by atoms with Crippen LogP contribution in [0.5, 0.6) is 0 Å². The van der Waals surface area contributed by atoms with E-state index in [0.29, 0.717) is 18.9 Å². The van der Waals surface area contributed by atoms with E-state index >= 15 is 0 Å². The lowest BCUT2D eigenvalue weighted by Crippen LogP contribution is -2.31. The lowest BCUT2D eigenvalue weighted by Gasteiger charge is -2.16. The second-order valence-corrected chi connectivity index (χ2v) is 3.89. The molecule has 2 rings (SSSR count). The van der Waals surface area contributed by atoms with Crippen molar-refractivity contribution in [1.29, 1.82) is 0 Å². The van der Waals surface area contributed by atoms with Crippen LogP contribution in [0.15, 0.2) is 18.2 Å². The van der Waals surface area contributed by atoms with Crippen LogP contribution in [0.4, 0.5) is 10.1 Å². The van der Waals surface area contributed by atoms with Crippen LogP contribution in [-0.4, -0.2) is 30.5 Å². The zero-order chi connectivity index (χ0) is 10.8. The number of rotatable bonds is 2. The molecule has 0 amide bonds.